The molecule has 3 amide bonds. The van der Waals surface area contributed by atoms with E-state index in [9.17, 15) is 14.4 Å². The van der Waals surface area contributed by atoms with Crippen LogP contribution in [0.25, 0.3) is 0 Å². The molecule has 1 heterocycles. The molecule has 0 fully saturated rings. The van der Waals surface area contributed by atoms with E-state index in [2.05, 4.69) is 16.0 Å². The number of fused-ring (bicyclic) bond motifs is 1. The molecular formula is C19H19N3O3. The van der Waals surface area contributed by atoms with Crippen LogP contribution in [0, 0.1) is 0 Å². The maximum atomic E-state index is 12.5. The van der Waals surface area contributed by atoms with E-state index in [1.54, 1.807) is 36.4 Å². The second-order valence-electron chi connectivity index (χ2n) is 6.56. The Morgan fingerprint density at radius 1 is 1.00 bits per heavy atom. The molecule has 0 radical (unpaired) electrons. The van der Waals surface area contributed by atoms with E-state index >= 15 is 0 Å². The largest absolute Gasteiger partial charge is 0.326 e. The Balaban J connectivity index is 1.82. The molecule has 1 aliphatic rings. The molecular weight excluding hydrogens is 318 g/mol. The highest BCUT2D eigenvalue weighted by Gasteiger charge is 2.38. The molecule has 6 heteroatoms. The van der Waals surface area contributed by atoms with Crippen LogP contribution in [0.5, 0.6) is 0 Å². The van der Waals surface area contributed by atoms with Crippen LogP contribution in [-0.2, 0) is 15.0 Å². The Hall–Kier alpha value is -3.15. The SMILES string of the molecule is CC(=O)Nc1cccc(C(=O)Nc2ccc3c(c2)C(C)(C)C(=O)N3)c1. The first-order valence-electron chi connectivity index (χ1n) is 7.92. The van der Waals surface area contributed by atoms with Gasteiger partial charge in [0.15, 0.2) is 0 Å². The van der Waals surface area contributed by atoms with Gasteiger partial charge >= 0.3 is 0 Å². The third-order valence-electron chi connectivity index (χ3n) is 4.21. The van der Waals surface area contributed by atoms with Gasteiger partial charge < -0.3 is 16.0 Å². The van der Waals surface area contributed by atoms with Crippen LogP contribution in [0.4, 0.5) is 17.1 Å². The number of amides is 3. The minimum Gasteiger partial charge on any atom is -0.326 e. The number of rotatable bonds is 3. The molecule has 0 atom stereocenters. The van der Waals surface area contributed by atoms with Crippen LogP contribution < -0.4 is 16.0 Å². The van der Waals surface area contributed by atoms with Gasteiger partial charge in [-0.05, 0) is 55.8 Å². The standard InChI is InChI=1S/C19H19N3O3/c1-11(23)20-13-6-4-5-12(9-13)17(24)21-14-7-8-16-15(10-14)19(2,3)18(25)22-16/h4-10H,1-3H3,(H,20,23)(H,21,24)(H,22,25). The third-order valence-corrected chi connectivity index (χ3v) is 4.21. The molecule has 2 aromatic rings. The van der Waals surface area contributed by atoms with E-state index < -0.39 is 5.41 Å². The van der Waals surface area contributed by atoms with Crippen LogP contribution in [0.2, 0.25) is 0 Å². The fraction of sp³-hybridized carbons (Fsp3) is 0.211. The summed E-state index contributed by atoms with van der Waals surface area (Å²) < 4.78 is 0. The number of hydrogen-bond acceptors (Lipinski definition) is 3. The first-order valence-corrected chi connectivity index (χ1v) is 7.92. The van der Waals surface area contributed by atoms with Gasteiger partial charge in [0.25, 0.3) is 5.91 Å². The van der Waals surface area contributed by atoms with Gasteiger partial charge in [-0.3, -0.25) is 14.4 Å². The topological polar surface area (TPSA) is 87.3 Å². The summed E-state index contributed by atoms with van der Waals surface area (Å²) in [5, 5.41) is 8.31. The fourth-order valence-electron chi connectivity index (χ4n) is 2.79. The van der Waals surface area contributed by atoms with Crippen LogP contribution in [-0.4, -0.2) is 17.7 Å². The molecule has 25 heavy (non-hydrogen) atoms. The van der Waals surface area contributed by atoms with Crippen molar-refractivity contribution in [1.82, 2.24) is 0 Å². The molecule has 3 N–H and O–H groups in total. The summed E-state index contributed by atoms with van der Waals surface area (Å²) in [5.41, 5.74) is 2.58. The molecule has 128 valence electrons. The second kappa shape index (κ2) is 6.05. The van der Waals surface area contributed by atoms with E-state index in [1.807, 2.05) is 19.9 Å². The molecule has 2 aromatic carbocycles. The van der Waals surface area contributed by atoms with E-state index in [0.29, 0.717) is 16.9 Å². The van der Waals surface area contributed by atoms with Gasteiger partial charge in [0.1, 0.15) is 0 Å². The highest BCUT2D eigenvalue weighted by molar-refractivity contribution is 6.08. The second-order valence-corrected chi connectivity index (χ2v) is 6.56. The Bertz CT molecular complexity index is 887. The van der Waals surface area contributed by atoms with Gasteiger partial charge in [0.05, 0.1) is 5.41 Å². The zero-order chi connectivity index (χ0) is 18.2. The molecule has 0 aliphatic carbocycles. The summed E-state index contributed by atoms with van der Waals surface area (Å²) >= 11 is 0. The molecule has 0 aromatic heterocycles. The molecule has 0 bridgehead atoms. The van der Waals surface area contributed by atoms with Gasteiger partial charge in [-0.2, -0.15) is 0 Å². The van der Waals surface area contributed by atoms with Crippen molar-refractivity contribution in [1.29, 1.82) is 0 Å². The highest BCUT2D eigenvalue weighted by atomic mass is 16.2. The van der Waals surface area contributed by atoms with E-state index in [0.717, 1.165) is 11.3 Å². The van der Waals surface area contributed by atoms with Crippen molar-refractivity contribution >= 4 is 34.8 Å². The van der Waals surface area contributed by atoms with Crippen molar-refractivity contribution in [2.75, 3.05) is 16.0 Å². The molecule has 0 saturated heterocycles. The van der Waals surface area contributed by atoms with Gasteiger partial charge in [-0.1, -0.05) is 6.07 Å². The Labute approximate surface area is 145 Å². The minimum atomic E-state index is -0.638. The zero-order valence-corrected chi connectivity index (χ0v) is 14.3. The lowest BCUT2D eigenvalue weighted by Gasteiger charge is -2.16. The summed E-state index contributed by atoms with van der Waals surface area (Å²) in [7, 11) is 0. The average Bonchev–Trinajstić information content (AvgIpc) is 2.77. The summed E-state index contributed by atoms with van der Waals surface area (Å²) in [5.74, 6) is -0.549. The Morgan fingerprint density at radius 3 is 2.44 bits per heavy atom. The van der Waals surface area contributed by atoms with Crippen molar-refractivity contribution < 1.29 is 14.4 Å². The predicted molar refractivity (Wildman–Crippen MR) is 96.8 cm³/mol. The number of benzene rings is 2. The zero-order valence-electron chi connectivity index (χ0n) is 14.3. The van der Waals surface area contributed by atoms with Gasteiger partial charge in [0, 0.05) is 29.5 Å². The molecule has 6 nitrogen and oxygen atoms in total. The lowest BCUT2D eigenvalue weighted by atomic mass is 9.86. The quantitative estimate of drug-likeness (QED) is 0.804. The third kappa shape index (κ3) is 3.24. The number of carbonyl (C=O) groups is 3. The van der Waals surface area contributed by atoms with E-state index in [1.165, 1.54) is 6.92 Å². The fourth-order valence-corrected chi connectivity index (χ4v) is 2.79. The van der Waals surface area contributed by atoms with Gasteiger partial charge in [-0.15, -0.1) is 0 Å². The van der Waals surface area contributed by atoms with Crippen LogP contribution >= 0.6 is 0 Å². The monoisotopic (exact) mass is 337 g/mol. The average molecular weight is 337 g/mol. The van der Waals surface area contributed by atoms with Crippen LogP contribution in [0.1, 0.15) is 36.7 Å². The van der Waals surface area contributed by atoms with E-state index in [4.69, 9.17) is 0 Å². The first kappa shape index (κ1) is 16.7. The summed E-state index contributed by atoms with van der Waals surface area (Å²) in [4.78, 5) is 35.6. The normalized spacial score (nSPS) is 14.4. The Kier molecular flexibility index (Phi) is 4.04. The van der Waals surface area contributed by atoms with Crippen molar-refractivity contribution in [2.24, 2.45) is 0 Å². The number of anilines is 3. The first-order chi connectivity index (χ1) is 11.8. The Morgan fingerprint density at radius 2 is 1.72 bits per heavy atom. The predicted octanol–water partition coefficient (Wildman–Crippen LogP) is 3.13. The van der Waals surface area contributed by atoms with Crippen molar-refractivity contribution in [2.45, 2.75) is 26.2 Å². The van der Waals surface area contributed by atoms with E-state index in [-0.39, 0.29) is 17.7 Å². The van der Waals surface area contributed by atoms with Gasteiger partial charge in [-0.25, -0.2) is 0 Å². The molecule has 0 saturated carbocycles. The summed E-state index contributed by atoms with van der Waals surface area (Å²) in [6.45, 7) is 5.10. The number of hydrogen-bond donors (Lipinski definition) is 3. The molecule has 0 spiro atoms. The smallest absolute Gasteiger partial charge is 0.255 e. The lowest BCUT2D eigenvalue weighted by molar-refractivity contribution is -0.119. The number of nitrogens with one attached hydrogen (secondary N) is 3. The molecule has 3 rings (SSSR count). The van der Waals surface area contributed by atoms with Crippen molar-refractivity contribution in [3.63, 3.8) is 0 Å². The van der Waals surface area contributed by atoms with Crippen LogP contribution in [0.15, 0.2) is 42.5 Å². The van der Waals surface area contributed by atoms with Crippen molar-refractivity contribution in [3.8, 4) is 0 Å². The number of carbonyl (C=O) groups excluding carboxylic acids is 3. The maximum Gasteiger partial charge on any atom is 0.255 e. The lowest BCUT2D eigenvalue weighted by Crippen LogP contribution is -2.26. The van der Waals surface area contributed by atoms with Crippen molar-refractivity contribution in [3.05, 3.63) is 53.6 Å². The highest BCUT2D eigenvalue weighted by Crippen LogP contribution is 2.38. The summed E-state index contributed by atoms with van der Waals surface area (Å²) in [6.07, 6.45) is 0. The molecule has 0 unspecified atom stereocenters. The van der Waals surface area contributed by atoms with Crippen LogP contribution in [0.3, 0.4) is 0 Å². The van der Waals surface area contributed by atoms with Gasteiger partial charge in [0.2, 0.25) is 11.8 Å². The minimum absolute atomic E-state index is 0.0611. The maximum absolute atomic E-state index is 12.5. The summed E-state index contributed by atoms with van der Waals surface area (Å²) in [6, 6.07) is 12.0. The molecule has 1 aliphatic heterocycles.